The summed E-state index contributed by atoms with van der Waals surface area (Å²) in [5.41, 5.74) is 0.454. The van der Waals surface area contributed by atoms with Crippen LogP contribution in [0.1, 0.15) is 128 Å². The molecule has 4 aliphatic carbocycles. The van der Waals surface area contributed by atoms with Crippen molar-refractivity contribution in [1.82, 2.24) is 9.55 Å². The van der Waals surface area contributed by atoms with Gasteiger partial charge in [0.1, 0.15) is 5.82 Å². The van der Waals surface area contributed by atoms with Gasteiger partial charge in [-0.15, -0.1) is 17.0 Å². The van der Waals surface area contributed by atoms with Gasteiger partial charge in [0.2, 0.25) is 0 Å². The summed E-state index contributed by atoms with van der Waals surface area (Å²) in [4.78, 5) is 4.94. The van der Waals surface area contributed by atoms with Gasteiger partial charge in [-0.2, -0.15) is 0 Å². The number of imidazole rings is 1. The van der Waals surface area contributed by atoms with Crippen LogP contribution in [-0.2, 0) is 12.0 Å². The first-order valence-electron chi connectivity index (χ1n) is 13.3. The van der Waals surface area contributed by atoms with Crippen LogP contribution in [-0.4, -0.2) is 9.55 Å². The Morgan fingerprint density at radius 2 is 1.23 bits per heavy atom. The quantitative estimate of drug-likeness (QED) is 0.244. The molecule has 0 unspecified atom stereocenters. The van der Waals surface area contributed by atoms with Crippen LogP contribution in [0.4, 0.5) is 0 Å². The Balaban J connectivity index is 0.00000256. The van der Waals surface area contributed by atoms with Gasteiger partial charge >= 0.3 is 0 Å². The second-order valence-electron chi connectivity index (χ2n) is 11.0. The second-order valence-corrected chi connectivity index (χ2v) is 11.0. The van der Waals surface area contributed by atoms with Gasteiger partial charge in [-0.25, -0.2) is 4.98 Å². The summed E-state index contributed by atoms with van der Waals surface area (Å²) in [7, 11) is 0. The van der Waals surface area contributed by atoms with E-state index in [4.69, 9.17) is 4.98 Å². The minimum Gasteiger partial charge on any atom is -0.334 e. The molecule has 30 heavy (non-hydrogen) atoms. The topological polar surface area (TPSA) is 17.8 Å². The zero-order valence-electron chi connectivity index (χ0n) is 19.6. The fourth-order valence-electron chi connectivity index (χ4n) is 7.46. The van der Waals surface area contributed by atoms with Crippen molar-refractivity contribution in [3.8, 4) is 0 Å². The Morgan fingerprint density at radius 1 is 0.767 bits per heavy atom. The fourth-order valence-corrected chi connectivity index (χ4v) is 7.46. The molecule has 1 aromatic heterocycles. The molecular formula is C27H47BrN2. The molecule has 4 saturated carbocycles. The molecular weight excluding hydrogens is 432 g/mol. The van der Waals surface area contributed by atoms with Crippen LogP contribution in [0.25, 0.3) is 0 Å². The summed E-state index contributed by atoms with van der Waals surface area (Å²) in [5, 5.41) is 0. The summed E-state index contributed by atoms with van der Waals surface area (Å²) in [6, 6.07) is 0. The molecule has 172 valence electrons. The Labute approximate surface area is 196 Å². The minimum absolute atomic E-state index is 0. The fraction of sp³-hybridized carbons (Fsp3) is 0.889. The molecule has 1 aromatic rings. The van der Waals surface area contributed by atoms with Crippen molar-refractivity contribution in [3.05, 3.63) is 18.2 Å². The number of nitrogens with zero attached hydrogens (tertiary/aromatic N) is 2. The van der Waals surface area contributed by atoms with Gasteiger partial charge in [0.15, 0.2) is 0 Å². The van der Waals surface area contributed by atoms with Crippen molar-refractivity contribution < 1.29 is 0 Å². The standard InChI is InChI=1S/C27H46N2.BrH/c1-2-3-4-5-6-7-8-9-10-11-12-13-15-29-16-14-28-26(29)27-20-23-17-24(21-27)19-25(18-23)22-27;/h14,16,23-25H,2-13,15,17-22H2,1H3;1H. The number of aromatic nitrogens is 2. The summed E-state index contributed by atoms with van der Waals surface area (Å²) in [5.74, 6) is 4.51. The molecule has 0 aromatic carbocycles. The third-order valence-electron chi connectivity index (χ3n) is 8.48. The monoisotopic (exact) mass is 478 g/mol. The van der Waals surface area contributed by atoms with Crippen LogP contribution in [0.2, 0.25) is 0 Å². The zero-order chi connectivity index (χ0) is 19.9. The summed E-state index contributed by atoms with van der Waals surface area (Å²) < 4.78 is 2.56. The Hall–Kier alpha value is -0.310. The summed E-state index contributed by atoms with van der Waals surface area (Å²) >= 11 is 0. The van der Waals surface area contributed by atoms with E-state index in [1.807, 2.05) is 0 Å². The average molecular weight is 480 g/mol. The number of rotatable bonds is 14. The molecule has 0 saturated heterocycles. The number of unbranched alkanes of at least 4 members (excludes halogenated alkanes) is 11. The molecule has 0 aliphatic heterocycles. The number of aryl methyl sites for hydroxylation is 1. The molecule has 3 heteroatoms. The van der Waals surface area contributed by atoms with Gasteiger partial charge in [0.25, 0.3) is 0 Å². The lowest BCUT2D eigenvalue weighted by atomic mass is 9.49. The lowest BCUT2D eigenvalue weighted by molar-refractivity contribution is -0.0110. The molecule has 4 aliphatic rings. The van der Waals surface area contributed by atoms with E-state index in [1.165, 1.54) is 128 Å². The van der Waals surface area contributed by atoms with Crippen LogP contribution < -0.4 is 0 Å². The normalized spacial score (nSPS) is 29.3. The van der Waals surface area contributed by atoms with Crippen molar-refractivity contribution in [2.24, 2.45) is 17.8 Å². The van der Waals surface area contributed by atoms with Crippen molar-refractivity contribution in [3.63, 3.8) is 0 Å². The SMILES string of the molecule is Br.CCCCCCCCCCCCCCn1ccnc1C12CC3CC(CC(C3)C1)C2. The van der Waals surface area contributed by atoms with E-state index in [0.717, 1.165) is 17.8 Å². The van der Waals surface area contributed by atoms with Crippen molar-refractivity contribution >= 4 is 17.0 Å². The molecule has 1 heterocycles. The highest BCUT2D eigenvalue weighted by Crippen LogP contribution is 2.60. The predicted molar refractivity (Wildman–Crippen MR) is 133 cm³/mol. The summed E-state index contributed by atoms with van der Waals surface area (Å²) in [6.07, 6.45) is 30.4. The highest BCUT2D eigenvalue weighted by Gasteiger charge is 2.53. The van der Waals surface area contributed by atoms with Crippen LogP contribution in [0.15, 0.2) is 12.4 Å². The van der Waals surface area contributed by atoms with Crippen LogP contribution in [0, 0.1) is 17.8 Å². The van der Waals surface area contributed by atoms with Gasteiger partial charge < -0.3 is 4.57 Å². The first-order valence-corrected chi connectivity index (χ1v) is 13.3. The Morgan fingerprint density at radius 3 is 1.73 bits per heavy atom. The van der Waals surface area contributed by atoms with E-state index >= 15 is 0 Å². The molecule has 0 amide bonds. The van der Waals surface area contributed by atoms with Gasteiger partial charge in [0.05, 0.1) is 0 Å². The maximum absolute atomic E-state index is 4.94. The van der Waals surface area contributed by atoms with Crippen molar-refractivity contribution in [1.29, 1.82) is 0 Å². The number of halogens is 1. The Bertz CT molecular complexity index is 572. The maximum Gasteiger partial charge on any atom is 0.114 e. The van der Waals surface area contributed by atoms with Gasteiger partial charge in [-0.3, -0.25) is 0 Å². The molecule has 4 fully saturated rings. The van der Waals surface area contributed by atoms with E-state index in [9.17, 15) is 0 Å². The summed E-state index contributed by atoms with van der Waals surface area (Å²) in [6.45, 7) is 3.51. The first-order chi connectivity index (χ1) is 14.3. The van der Waals surface area contributed by atoms with E-state index < -0.39 is 0 Å². The lowest BCUT2D eigenvalue weighted by Crippen LogP contribution is -2.49. The van der Waals surface area contributed by atoms with Crippen LogP contribution in [0.5, 0.6) is 0 Å². The molecule has 0 N–H and O–H groups in total. The molecule has 5 rings (SSSR count). The minimum atomic E-state index is 0. The average Bonchev–Trinajstić information content (AvgIpc) is 3.17. The highest BCUT2D eigenvalue weighted by molar-refractivity contribution is 8.93. The third kappa shape index (κ3) is 6.14. The number of hydrogen-bond donors (Lipinski definition) is 0. The molecule has 0 spiro atoms. The first kappa shape index (κ1) is 24.3. The largest absolute Gasteiger partial charge is 0.334 e. The maximum atomic E-state index is 4.94. The molecule has 2 nitrogen and oxygen atoms in total. The molecule has 0 atom stereocenters. The molecule has 4 bridgehead atoms. The van der Waals surface area contributed by atoms with E-state index in [1.54, 1.807) is 0 Å². The predicted octanol–water partition coefficient (Wildman–Crippen LogP) is 8.63. The van der Waals surface area contributed by atoms with E-state index in [2.05, 4.69) is 23.9 Å². The second kappa shape index (κ2) is 12.1. The van der Waals surface area contributed by atoms with E-state index in [-0.39, 0.29) is 17.0 Å². The Kier molecular flexibility index (Phi) is 9.79. The van der Waals surface area contributed by atoms with Crippen molar-refractivity contribution in [2.75, 3.05) is 0 Å². The zero-order valence-corrected chi connectivity index (χ0v) is 21.3. The van der Waals surface area contributed by atoms with Gasteiger partial charge in [-0.05, 0) is 62.7 Å². The highest BCUT2D eigenvalue weighted by atomic mass is 79.9. The lowest BCUT2D eigenvalue weighted by Gasteiger charge is -2.56. The van der Waals surface area contributed by atoms with Crippen LogP contribution >= 0.6 is 17.0 Å². The van der Waals surface area contributed by atoms with E-state index in [0.29, 0.717) is 5.41 Å². The van der Waals surface area contributed by atoms with Gasteiger partial charge in [0, 0.05) is 24.4 Å². The van der Waals surface area contributed by atoms with Crippen molar-refractivity contribution in [2.45, 2.75) is 134 Å². The van der Waals surface area contributed by atoms with Gasteiger partial charge in [-0.1, -0.05) is 77.6 Å². The molecule has 0 radical (unpaired) electrons. The number of hydrogen-bond acceptors (Lipinski definition) is 1. The smallest absolute Gasteiger partial charge is 0.114 e. The third-order valence-corrected chi connectivity index (χ3v) is 8.48. The van der Waals surface area contributed by atoms with Crippen LogP contribution in [0.3, 0.4) is 0 Å².